The summed E-state index contributed by atoms with van der Waals surface area (Å²) in [5.74, 6) is 0.927. The Hall–Kier alpha value is -0.800. The van der Waals surface area contributed by atoms with Crippen LogP contribution in [-0.4, -0.2) is 63.5 Å². The maximum atomic E-state index is 5.77. The molecule has 0 saturated carbocycles. The first-order valence-corrected chi connectivity index (χ1v) is 11.9. The number of fused-ring (bicyclic) bond motifs is 3. The average molecular weight is 421 g/mol. The van der Waals surface area contributed by atoms with Crippen molar-refractivity contribution in [3.63, 3.8) is 0 Å². The van der Waals surface area contributed by atoms with E-state index < -0.39 is 0 Å². The molecule has 5 rings (SSSR count). The Balaban J connectivity index is 1.48. The van der Waals surface area contributed by atoms with Gasteiger partial charge in [0.2, 0.25) is 0 Å². The monoisotopic (exact) mass is 420 g/mol. The number of rotatable bonds is 3. The second-order valence-corrected chi connectivity index (χ2v) is 10.1. The van der Waals surface area contributed by atoms with Gasteiger partial charge in [0.1, 0.15) is 20.0 Å². The van der Waals surface area contributed by atoms with E-state index in [1.165, 1.54) is 41.5 Å². The average Bonchev–Trinajstić information content (AvgIpc) is 3.39. The van der Waals surface area contributed by atoms with Gasteiger partial charge in [-0.2, -0.15) is 0 Å². The molecule has 1 aliphatic carbocycles. The molecule has 5 nitrogen and oxygen atoms in total. The van der Waals surface area contributed by atoms with Crippen LogP contribution in [0.1, 0.15) is 35.5 Å². The van der Waals surface area contributed by atoms with Gasteiger partial charge in [0.25, 0.3) is 0 Å². The highest BCUT2D eigenvalue weighted by molar-refractivity contribution is 8.23. The summed E-state index contributed by atoms with van der Waals surface area (Å²) in [6.07, 6.45) is 6.10. The molecule has 2 saturated heterocycles. The van der Waals surface area contributed by atoms with Crippen LogP contribution < -0.4 is 0 Å². The van der Waals surface area contributed by atoms with Gasteiger partial charge in [-0.25, -0.2) is 9.97 Å². The molecule has 0 unspecified atom stereocenters. The van der Waals surface area contributed by atoms with Crippen molar-refractivity contribution in [2.75, 3.05) is 39.4 Å². The first kappa shape index (κ1) is 18.2. The van der Waals surface area contributed by atoms with Crippen LogP contribution in [0.4, 0.5) is 0 Å². The molecule has 0 spiro atoms. The van der Waals surface area contributed by atoms with E-state index in [-0.39, 0.29) is 0 Å². The number of thioether (sulfide) groups is 1. The van der Waals surface area contributed by atoms with Gasteiger partial charge in [0.05, 0.1) is 19.8 Å². The molecule has 27 heavy (non-hydrogen) atoms. The Morgan fingerprint density at radius 1 is 1.07 bits per heavy atom. The highest BCUT2D eigenvalue weighted by Gasteiger charge is 2.25. The Morgan fingerprint density at radius 3 is 2.70 bits per heavy atom. The lowest BCUT2D eigenvalue weighted by Crippen LogP contribution is -2.36. The first-order valence-electron chi connectivity index (χ1n) is 9.86. The van der Waals surface area contributed by atoms with Crippen molar-refractivity contribution >= 4 is 49.9 Å². The summed E-state index contributed by atoms with van der Waals surface area (Å²) in [6, 6.07) is 0. The van der Waals surface area contributed by atoms with E-state index in [0.717, 1.165) is 72.4 Å². The SMILES string of the molecule is S=C(Sc1nc(CN2CCOCC2)nc2sc3c(c12)CCC3)N1CCCC1. The highest BCUT2D eigenvalue weighted by Crippen LogP contribution is 2.41. The maximum Gasteiger partial charge on any atom is 0.145 e. The number of hydrogen-bond donors (Lipinski definition) is 0. The van der Waals surface area contributed by atoms with Gasteiger partial charge < -0.3 is 9.64 Å². The molecule has 3 aliphatic rings. The summed E-state index contributed by atoms with van der Waals surface area (Å²) in [7, 11) is 0. The number of thiocarbonyl (C=S) groups is 1. The molecule has 0 atom stereocenters. The number of morpholine rings is 1. The normalized spacial score (nSPS) is 20.5. The van der Waals surface area contributed by atoms with E-state index in [1.54, 1.807) is 11.8 Å². The lowest BCUT2D eigenvalue weighted by atomic mass is 10.2. The number of hydrogen-bond acceptors (Lipinski definition) is 7. The number of nitrogens with zero attached hydrogens (tertiary/aromatic N) is 4. The van der Waals surface area contributed by atoms with Crippen molar-refractivity contribution < 1.29 is 4.74 Å². The van der Waals surface area contributed by atoms with Crippen molar-refractivity contribution in [2.45, 2.75) is 43.7 Å². The highest BCUT2D eigenvalue weighted by atomic mass is 32.2. The van der Waals surface area contributed by atoms with Gasteiger partial charge in [0, 0.05) is 36.4 Å². The van der Waals surface area contributed by atoms with Crippen LogP contribution in [0.5, 0.6) is 0 Å². The molecule has 0 bridgehead atoms. The lowest BCUT2D eigenvalue weighted by Gasteiger charge is -2.26. The van der Waals surface area contributed by atoms with E-state index >= 15 is 0 Å². The fourth-order valence-corrected chi connectivity index (χ4v) is 6.87. The molecule has 0 N–H and O–H groups in total. The Kier molecular flexibility index (Phi) is 5.34. The van der Waals surface area contributed by atoms with Gasteiger partial charge in [-0.05, 0) is 49.4 Å². The third kappa shape index (κ3) is 3.74. The van der Waals surface area contributed by atoms with Crippen LogP contribution in [0, 0.1) is 0 Å². The Bertz CT molecular complexity index is 856. The second-order valence-electron chi connectivity index (χ2n) is 7.43. The van der Waals surface area contributed by atoms with Crippen LogP contribution in [0.25, 0.3) is 10.2 Å². The minimum absolute atomic E-state index is 0.798. The van der Waals surface area contributed by atoms with E-state index in [2.05, 4.69) is 9.80 Å². The summed E-state index contributed by atoms with van der Waals surface area (Å²) in [5.41, 5.74) is 1.49. The smallest absolute Gasteiger partial charge is 0.145 e. The number of likely N-dealkylation sites (tertiary alicyclic amines) is 1. The van der Waals surface area contributed by atoms with Crippen LogP contribution >= 0.6 is 35.3 Å². The minimum Gasteiger partial charge on any atom is -0.379 e. The van der Waals surface area contributed by atoms with E-state index in [1.807, 2.05) is 11.3 Å². The fraction of sp³-hybridized carbons (Fsp3) is 0.632. The van der Waals surface area contributed by atoms with Crippen LogP contribution in [0.2, 0.25) is 0 Å². The summed E-state index contributed by atoms with van der Waals surface area (Å²) in [6.45, 7) is 6.48. The summed E-state index contributed by atoms with van der Waals surface area (Å²) < 4.78 is 6.45. The second kappa shape index (κ2) is 7.91. The van der Waals surface area contributed by atoms with Gasteiger partial charge in [0.15, 0.2) is 0 Å². The Labute approximate surface area is 173 Å². The van der Waals surface area contributed by atoms with Gasteiger partial charge in [-0.1, -0.05) is 12.2 Å². The van der Waals surface area contributed by atoms with Crippen molar-refractivity contribution in [1.82, 2.24) is 19.8 Å². The molecule has 2 aliphatic heterocycles. The fourth-order valence-electron chi connectivity index (χ4n) is 4.16. The molecule has 0 aromatic carbocycles. The molecule has 4 heterocycles. The molecular formula is C19H24N4OS3. The summed E-state index contributed by atoms with van der Waals surface area (Å²) in [5, 5.41) is 2.37. The van der Waals surface area contributed by atoms with Crippen LogP contribution in [-0.2, 0) is 24.1 Å². The number of aromatic nitrogens is 2. The molecular weight excluding hydrogens is 396 g/mol. The molecule has 0 amide bonds. The molecule has 8 heteroatoms. The Morgan fingerprint density at radius 2 is 1.89 bits per heavy atom. The van der Waals surface area contributed by atoms with Gasteiger partial charge in [-0.15, -0.1) is 11.3 Å². The van der Waals surface area contributed by atoms with Crippen LogP contribution in [0.15, 0.2) is 5.03 Å². The number of aryl methyl sites for hydroxylation is 2. The standard InChI is InChI=1S/C19H24N4OS3/c25-19(23-6-1-2-7-23)27-18-16-13-4-3-5-14(13)26-17(16)20-15(21-18)12-22-8-10-24-11-9-22/h1-12H2. The number of ether oxygens (including phenoxy) is 1. The van der Waals surface area contributed by atoms with Crippen LogP contribution in [0.3, 0.4) is 0 Å². The third-order valence-electron chi connectivity index (χ3n) is 5.59. The number of thiophene rings is 1. The predicted molar refractivity (Wildman–Crippen MR) is 115 cm³/mol. The quantitative estimate of drug-likeness (QED) is 0.428. The van der Waals surface area contributed by atoms with Gasteiger partial charge in [-0.3, -0.25) is 4.90 Å². The topological polar surface area (TPSA) is 41.5 Å². The van der Waals surface area contributed by atoms with E-state index in [0.29, 0.717) is 0 Å². The molecule has 2 fully saturated rings. The van der Waals surface area contributed by atoms with E-state index in [4.69, 9.17) is 26.9 Å². The largest absolute Gasteiger partial charge is 0.379 e. The zero-order valence-corrected chi connectivity index (χ0v) is 17.9. The van der Waals surface area contributed by atoms with Crippen molar-refractivity contribution in [2.24, 2.45) is 0 Å². The third-order valence-corrected chi connectivity index (χ3v) is 8.21. The summed E-state index contributed by atoms with van der Waals surface area (Å²) in [4.78, 5) is 17.4. The molecule has 0 radical (unpaired) electrons. The molecule has 2 aromatic rings. The van der Waals surface area contributed by atoms with Crippen molar-refractivity contribution in [3.05, 3.63) is 16.3 Å². The van der Waals surface area contributed by atoms with E-state index in [9.17, 15) is 0 Å². The summed E-state index contributed by atoms with van der Waals surface area (Å²) >= 11 is 9.33. The lowest BCUT2D eigenvalue weighted by molar-refractivity contribution is 0.0330. The van der Waals surface area contributed by atoms with Gasteiger partial charge >= 0.3 is 0 Å². The first-order chi connectivity index (χ1) is 13.3. The predicted octanol–water partition coefficient (Wildman–Crippen LogP) is 3.49. The van der Waals surface area contributed by atoms with Crippen molar-refractivity contribution in [1.29, 1.82) is 0 Å². The minimum atomic E-state index is 0.798. The molecule has 2 aromatic heterocycles. The molecule has 144 valence electrons. The maximum absolute atomic E-state index is 5.77. The zero-order valence-electron chi connectivity index (χ0n) is 15.4. The van der Waals surface area contributed by atoms with Crippen molar-refractivity contribution in [3.8, 4) is 0 Å². The zero-order chi connectivity index (χ0) is 18.2.